The number of hydrogen-bond acceptors (Lipinski definition) is 4. The summed E-state index contributed by atoms with van der Waals surface area (Å²) in [4.78, 5) is 25.0. The number of halogens is 1. The van der Waals surface area contributed by atoms with Crippen LogP contribution in [0.25, 0.3) is 0 Å². The van der Waals surface area contributed by atoms with Gasteiger partial charge in [0.2, 0.25) is 11.8 Å². The fourth-order valence-electron chi connectivity index (χ4n) is 2.19. The van der Waals surface area contributed by atoms with Gasteiger partial charge in [-0.25, -0.2) is 5.43 Å². The number of amides is 2. The van der Waals surface area contributed by atoms with Gasteiger partial charge in [-0.1, -0.05) is 41.9 Å². The van der Waals surface area contributed by atoms with Gasteiger partial charge in [0.1, 0.15) is 0 Å². The minimum Gasteiger partial charge on any atom is -0.324 e. The predicted octanol–water partition coefficient (Wildman–Crippen LogP) is 3.29. The number of hydrazone groups is 1. The molecule has 7 heteroatoms. The first-order valence-corrected chi connectivity index (χ1v) is 8.52. The van der Waals surface area contributed by atoms with Crippen molar-refractivity contribution < 1.29 is 9.59 Å². The van der Waals surface area contributed by atoms with Crippen molar-refractivity contribution in [3.63, 3.8) is 0 Å². The topological polar surface area (TPSA) is 70.6 Å². The summed E-state index contributed by atoms with van der Waals surface area (Å²) in [5.74, 6) is -0.505. The van der Waals surface area contributed by atoms with E-state index in [9.17, 15) is 9.59 Å². The van der Waals surface area contributed by atoms with Gasteiger partial charge in [-0.15, -0.1) is 11.8 Å². The summed E-state index contributed by atoms with van der Waals surface area (Å²) in [5.41, 5.74) is 3.91. The molecule has 0 unspecified atom stereocenters. The summed E-state index contributed by atoms with van der Waals surface area (Å²) in [6.07, 6.45) is 1.52. The zero-order valence-electron chi connectivity index (χ0n) is 12.5. The number of benzene rings is 2. The largest absolute Gasteiger partial charge is 0.324 e. The van der Waals surface area contributed by atoms with E-state index in [2.05, 4.69) is 15.8 Å². The number of carbonyl (C=O) groups excluding carboxylic acids is 2. The monoisotopic (exact) mass is 359 g/mol. The van der Waals surface area contributed by atoms with Gasteiger partial charge in [0, 0.05) is 21.9 Å². The minimum absolute atomic E-state index is 0.0463. The molecule has 1 atom stereocenters. The van der Waals surface area contributed by atoms with Crippen molar-refractivity contribution in [2.75, 3.05) is 5.32 Å². The first-order chi connectivity index (χ1) is 11.6. The first-order valence-electron chi connectivity index (χ1n) is 7.26. The molecule has 2 N–H and O–H groups in total. The van der Waals surface area contributed by atoms with Crippen molar-refractivity contribution in [1.29, 1.82) is 0 Å². The SMILES string of the molecule is O=C(C[C@H]1Sc2ccccc2NC1=O)N/N=C\c1ccccc1Cl. The summed E-state index contributed by atoms with van der Waals surface area (Å²) >= 11 is 7.38. The lowest BCUT2D eigenvalue weighted by atomic mass is 10.2. The average Bonchev–Trinajstić information content (AvgIpc) is 2.57. The first kappa shape index (κ1) is 16.5. The average molecular weight is 360 g/mol. The van der Waals surface area contributed by atoms with Crippen molar-refractivity contribution in [3.8, 4) is 0 Å². The number of nitrogens with one attached hydrogen (secondary N) is 2. The van der Waals surface area contributed by atoms with Crippen LogP contribution in [0, 0.1) is 0 Å². The number of anilines is 1. The molecule has 1 aliphatic rings. The second-order valence-electron chi connectivity index (χ2n) is 5.11. The van der Waals surface area contributed by atoms with Gasteiger partial charge < -0.3 is 5.32 Å². The third kappa shape index (κ3) is 3.96. The molecule has 1 heterocycles. The highest BCUT2D eigenvalue weighted by atomic mass is 35.5. The Labute approximate surface area is 148 Å². The zero-order valence-corrected chi connectivity index (χ0v) is 14.1. The van der Waals surface area contributed by atoms with Crippen LogP contribution in [-0.2, 0) is 9.59 Å². The summed E-state index contributed by atoms with van der Waals surface area (Å²) in [6.45, 7) is 0. The van der Waals surface area contributed by atoms with E-state index >= 15 is 0 Å². The Morgan fingerprint density at radius 2 is 2.00 bits per heavy atom. The smallest absolute Gasteiger partial charge is 0.241 e. The summed E-state index contributed by atoms with van der Waals surface area (Å²) in [7, 11) is 0. The van der Waals surface area contributed by atoms with Crippen LogP contribution in [0.15, 0.2) is 58.5 Å². The van der Waals surface area contributed by atoms with Gasteiger partial charge in [0.05, 0.1) is 17.2 Å². The Morgan fingerprint density at radius 1 is 1.25 bits per heavy atom. The standard InChI is InChI=1S/C17H14ClN3O2S/c18-12-6-2-1-5-11(12)10-19-21-16(22)9-15-17(23)20-13-7-3-4-8-14(13)24-15/h1-8,10,15H,9H2,(H,20,23)(H,21,22)/b19-10-/t15-/m1/s1. The minimum atomic E-state index is -0.476. The lowest BCUT2D eigenvalue weighted by Gasteiger charge is -2.23. The van der Waals surface area contributed by atoms with Crippen molar-refractivity contribution in [2.45, 2.75) is 16.6 Å². The van der Waals surface area contributed by atoms with Crippen molar-refractivity contribution in [2.24, 2.45) is 5.10 Å². The zero-order chi connectivity index (χ0) is 16.9. The van der Waals surface area contributed by atoms with Crippen LogP contribution >= 0.6 is 23.4 Å². The van der Waals surface area contributed by atoms with E-state index in [0.717, 1.165) is 10.6 Å². The van der Waals surface area contributed by atoms with Crippen LogP contribution in [0.3, 0.4) is 0 Å². The van der Waals surface area contributed by atoms with Crippen LogP contribution in [0.1, 0.15) is 12.0 Å². The molecule has 2 aromatic rings. The Balaban J connectivity index is 1.58. The van der Waals surface area contributed by atoms with E-state index in [-0.39, 0.29) is 18.2 Å². The van der Waals surface area contributed by atoms with Gasteiger partial charge in [0.25, 0.3) is 0 Å². The second-order valence-corrected chi connectivity index (χ2v) is 6.76. The Hall–Kier alpha value is -2.31. The number of thioether (sulfide) groups is 1. The van der Waals surface area contributed by atoms with Gasteiger partial charge in [-0.3, -0.25) is 9.59 Å². The summed E-state index contributed by atoms with van der Waals surface area (Å²) in [5, 5.41) is 6.77. The predicted molar refractivity (Wildman–Crippen MR) is 96.5 cm³/mol. The molecular formula is C17H14ClN3O2S. The lowest BCUT2D eigenvalue weighted by Crippen LogP contribution is -2.33. The van der Waals surface area contributed by atoms with E-state index < -0.39 is 5.25 Å². The van der Waals surface area contributed by atoms with E-state index in [1.807, 2.05) is 36.4 Å². The maximum Gasteiger partial charge on any atom is 0.241 e. The van der Waals surface area contributed by atoms with Crippen molar-refractivity contribution in [3.05, 3.63) is 59.1 Å². The lowest BCUT2D eigenvalue weighted by molar-refractivity contribution is -0.124. The molecule has 2 amide bonds. The molecule has 3 rings (SSSR count). The number of para-hydroxylation sites is 1. The third-order valence-corrected chi connectivity index (χ3v) is 4.99. The molecule has 0 saturated carbocycles. The molecule has 0 aromatic heterocycles. The summed E-state index contributed by atoms with van der Waals surface area (Å²) in [6, 6.07) is 14.7. The number of nitrogens with zero attached hydrogens (tertiary/aromatic N) is 1. The van der Waals surface area contributed by atoms with Crippen molar-refractivity contribution >= 4 is 47.1 Å². The second kappa shape index (κ2) is 7.51. The molecule has 0 aliphatic carbocycles. The van der Waals surface area contributed by atoms with E-state index in [4.69, 9.17) is 11.6 Å². The molecule has 0 bridgehead atoms. The fraction of sp³-hybridized carbons (Fsp3) is 0.118. The fourth-order valence-corrected chi connectivity index (χ4v) is 3.49. The number of carbonyl (C=O) groups is 2. The van der Waals surface area contributed by atoms with Gasteiger partial charge >= 0.3 is 0 Å². The molecule has 1 aliphatic heterocycles. The highest BCUT2D eigenvalue weighted by Gasteiger charge is 2.28. The molecule has 0 radical (unpaired) electrons. The number of rotatable bonds is 4. The van der Waals surface area contributed by atoms with E-state index in [1.165, 1.54) is 18.0 Å². The quantitative estimate of drug-likeness (QED) is 0.650. The third-order valence-electron chi connectivity index (χ3n) is 3.38. The number of fused-ring (bicyclic) bond motifs is 1. The van der Waals surface area contributed by atoms with Crippen LogP contribution in [0.2, 0.25) is 5.02 Å². The Morgan fingerprint density at radius 3 is 2.83 bits per heavy atom. The Bertz CT molecular complexity index is 810. The Kier molecular flexibility index (Phi) is 5.17. The van der Waals surface area contributed by atoms with Crippen molar-refractivity contribution in [1.82, 2.24) is 5.43 Å². The highest BCUT2D eigenvalue weighted by Crippen LogP contribution is 2.36. The molecule has 24 heavy (non-hydrogen) atoms. The maximum absolute atomic E-state index is 12.1. The molecule has 0 fully saturated rings. The summed E-state index contributed by atoms with van der Waals surface area (Å²) < 4.78 is 0. The maximum atomic E-state index is 12.1. The van der Waals surface area contributed by atoms with Gasteiger partial charge in [0.15, 0.2) is 0 Å². The molecule has 5 nitrogen and oxygen atoms in total. The van der Waals surface area contributed by atoms with Gasteiger partial charge in [-0.05, 0) is 18.2 Å². The van der Waals surface area contributed by atoms with Crippen LogP contribution in [0.5, 0.6) is 0 Å². The normalized spacial score (nSPS) is 16.5. The molecule has 122 valence electrons. The molecule has 2 aromatic carbocycles. The van der Waals surface area contributed by atoms with E-state index in [0.29, 0.717) is 10.6 Å². The molecule has 0 saturated heterocycles. The molecular weight excluding hydrogens is 346 g/mol. The van der Waals surface area contributed by atoms with Crippen LogP contribution in [0.4, 0.5) is 5.69 Å². The molecule has 0 spiro atoms. The van der Waals surface area contributed by atoms with Crippen LogP contribution in [-0.4, -0.2) is 23.3 Å². The highest BCUT2D eigenvalue weighted by molar-refractivity contribution is 8.01. The number of hydrogen-bond donors (Lipinski definition) is 2. The van der Waals surface area contributed by atoms with Gasteiger partial charge in [-0.2, -0.15) is 5.10 Å². The van der Waals surface area contributed by atoms with Crippen LogP contribution < -0.4 is 10.7 Å². The van der Waals surface area contributed by atoms with E-state index in [1.54, 1.807) is 12.1 Å².